The zero-order valence-corrected chi connectivity index (χ0v) is 5.59. The van der Waals surface area contributed by atoms with Crippen molar-refractivity contribution in [3.63, 3.8) is 0 Å². The Balaban J connectivity index is 2.42. The lowest BCUT2D eigenvalue weighted by atomic mass is 10.1. The van der Waals surface area contributed by atoms with Crippen molar-refractivity contribution in [2.24, 2.45) is 0 Å². The molecule has 2 rings (SSSR count). The van der Waals surface area contributed by atoms with E-state index in [2.05, 4.69) is 30.0 Å². The predicted octanol–water partition coefficient (Wildman–Crippen LogP) is 2.33. The van der Waals surface area contributed by atoms with Crippen molar-refractivity contribution in [2.75, 3.05) is 0 Å². The Morgan fingerprint density at radius 1 is 1.40 bits per heavy atom. The van der Waals surface area contributed by atoms with Gasteiger partial charge in [-0.15, -0.1) is 0 Å². The minimum absolute atomic E-state index is 0.992. The fraction of sp³-hybridized carbons (Fsp3) is 0.100. The first-order valence-corrected chi connectivity index (χ1v) is 3.38. The summed E-state index contributed by atoms with van der Waals surface area (Å²) in [7, 11) is 0. The summed E-state index contributed by atoms with van der Waals surface area (Å²) in [5, 5.41) is 0. The van der Waals surface area contributed by atoms with E-state index in [9.17, 15) is 0 Å². The molecule has 0 radical (unpaired) electrons. The quantitative estimate of drug-likeness (QED) is 0.346. The maximum absolute atomic E-state index is 3.07. The number of allylic oxidation sites excluding steroid dienone is 7. The minimum atomic E-state index is 0.992. The predicted molar refractivity (Wildman–Crippen MR) is 41.2 cm³/mol. The van der Waals surface area contributed by atoms with E-state index in [1.165, 1.54) is 11.1 Å². The first-order valence-electron chi connectivity index (χ1n) is 3.38. The third-order valence-electron chi connectivity index (χ3n) is 1.64. The molecule has 0 N–H and O–H groups in total. The van der Waals surface area contributed by atoms with Gasteiger partial charge in [0, 0.05) is 12.5 Å². The normalized spacial score (nSPS) is 19.2. The van der Waals surface area contributed by atoms with Crippen molar-refractivity contribution in [1.82, 2.24) is 0 Å². The molecule has 0 atom stereocenters. The highest BCUT2D eigenvalue weighted by Gasteiger charge is 2.13. The van der Waals surface area contributed by atoms with Crippen LogP contribution in [-0.2, 0) is 0 Å². The largest absolute Gasteiger partial charge is 0.149 e. The van der Waals surface area contributed by atoms with Gasteiger partial charge in [0.15, 0.2) is 0 Å². The molecule has 0 aliphatic heterocycles. The van der Waals surface area contributed by atoms with Crippen LogP contribution < -0.4 is 0 Å². The van der Waals surface area contributed by atoms with Crippen LogP contribution in [0.3, 0.4) is 0 Å². The monoisotopic (exact) mass is 127 g/mol. The molecule has 0 nitrogen and oxygen atoms in total. The van der Waals surface area contributed by atoms with E-state index in [0.717, 1.165) is 6.42 Å². The fourth-order valence-corrected chi connectivity index (χ4v) is 1.10. The van der Waals surface area contributed by atoms with Gasteiger partial charge in [-0.1, -0.05) is 12.2 Å². The van der Waals surface area contributed by atoms with Gasteiger partial charge in [0.2, 0.25) is 0 Å². The van der Waals surface area contributed by atoms with Crippen molar-refractivity contribution >= 4 is 0 Å². The van der Waals surface area contributed by atoms with Crippen LogP contribution in [0.5, 0.6) is 0 Å². The van der Waals surface area contributed by atoms with Gasteiger partial charge in [0.25, 0.3) is 0 Å². The molecule has 0 fully saturated rings. The molecule has 2 aliphatic carbocycles. The second-order valence-corrected chi connectivity index (χ2v) is 2.34. The molecular weight excluding hydrogens is 120 g/mol. The standard InChI is InChI=1S/C10H7/c1-2-5-9-7-4-8-10(9)6-3-1/h1-3,5,7H,6H2/q+1. The molecule has 0 spiro atoms. The molecule has 0 aromatic heterocycles. The number of rotatable bonds is 0. The third kappa shape index (κ3) is 0.766. The highest BCUT2D eigenvalue weighted by Crippen LogP contribution is 2.19. The highest BCUT2D eigenvalue weighted by atomic mass is 14.1. The summed E-state index contributed by atoms with van der Waals surface area (Å²) >= 11 is 0. The Hall–Kier alpha value is -1.35. The van der Waals surface area contributed by atoms with Gasteiger partial charge in [-0.05, 0) is 6.08 Å². The Kier molecular flexibility index (Phi) is 1.15. The Labute approximate surface area is 60.6 Å². The second kappa shape index (κ2) is 2.11. The molecule has 46 valence electrons. The number of hydrogen-bond donors (Lipinski definition) is 0. The second-order valence-electron chi connectivity index (χ2n) is 2.34. The molecule has 0 aromatic rings. The van der Waals surface area contributed by atoms with Gasteiger partial charge < -0.3 is 0 Å². The lowest BCUT2D eigenvalue weighted by Gasteiger charge is -1.81. The van der Waals surface area contributed by atoms with E-state index < -0.39 is 0 Å². The van der Waals surface area contributed by atoms with Gasteiger partial charge in [-0.25, -0.2) is 0 Å². The van der Waals surface area contributed by atoms with Crippen molar-refractivity contribution in [2.45, 2.75) is 6.42 Å². The van der Waals surface area contributed by atoms with Gasteiger partial charge in [-0.3, -0.25) is 0 Å². The van der Waals surface area contributed by atoms with Crippen LogP contribution in [-0.4, -0.2) is 0 Å². The molecule has 0 saturated heterocycles. The summed E-state index contributed by atoms with van der Waals surface area (Å²) in [6.45, 7) is 0. The Morgan fingerprint density at radius 3 is 3.40 bits per heavy atom. The van der Waals surface area contributed by atoms with Crippen LogP contribution in [0, 0.1) is 6.08 Å². The third-order valence-corrected chi connectivity index (χ3v) is 1.64. The maximum Gasteiger partial charge on any atom is 0.149 e. The van der Waals surface area contributed by atoms with Crippen molar-refractivity contribution in [3.8, 4) is 0 Å². The summed E-state index contributed by atoms with van der Waals surface area (Å²) in [4.78, 5) is 0. The highest BCUT2D eigenvalue weighted by molar-refractivity contribution is 5.45. The zero-order chi connectivity index (χ0) is 6.81. The molecule has 0 amide bonds. The average Bonchev–Trinajstić information content (AvgIpc) is 2.28. The van der Waals surface area contributed by atoms with Crippen LogP contribution in [0.1, 0.15) is 6.42 Å². The SMILES string of the molecule is C1=[C+]C2=C(C=1)C=CC=CC2. The summed E-state index contributed by atoms with van der Waals surface area (Å²) < 4.78 is 0. The van der Waals surface area contributed by atoms with E-state index in [1.807, 2.05) is 12.2 Å². The van der Waals surface area contributed by atoms with Crippen LogP contribution in [0.15, 0.2) is 47.3 Å². The van der Waals surface area contributed by atoms with Crippen LogP contribution in [0.2, 0.25) is 0 Å². The van der Waals surface area contributed by atoms with Gasteiger partial charge >= 0.3 is 0 Å². The molecular formula is C10H7+. The molecule has 0 heterocycles. The van der Waals surface area contributed by atoms with Crippen molar-refractivity contribution in [1.29, 1.82) is 0 Å². The van der Waals surface area contributed by atoms with E-state index >= 15 is 0 Å². The van der Waals surface area contributed by atoms with E-state index in [0.29, 0.717) is 0 Å². The van der Waals surface area contributed by atoms with Crippen molar-refractivity contribution < 1.29 is 0 Å². The molecule has 2 aliphatic rings. The molecule has 0 unspecified atom stereocenters. The van der Waals surface area contributed by atoms with Crippen LogP contribution in [0.4, 0.5) is 0 Å². The lowest BCUT2D eigenvalue weighted by molar-refractivity contribution is 1.27. The summed E-state index contributed by atoms with van der Waals surface area (Å²) in [5.74, 6) is 0. The molecule has 10 heavy (non-hydrogen) atoms. The fourth-order valence-electron chi connectivity index (χ4n) is 1.10. The zero-order valence-electron chi connectivity index (χ0n) is 5.59. The number of hydrogen-bond acceptors (Lipinski definition) is 0. The van der Waals surface area contributed by atoms with E-state index in [4.69, 9.17) is 0 Å². The topological polar surface area (TPSA) is 0 Å². The Bertz CT molecular complexity index is 292. The van der Waals surface area contributed by atoms with Crippen LogP contribution in [0.25, 0.3) is 0 Å². The van der Waals surface area contributed by atoms with Gasteiger partial charge in [0.05, 0.1) is 5.73 Å². The van der Waals surface area contributed by atoms with Crippen LogP contribution >= 0.6 is 0 Å². The first-order chi connectivity index (χ1) is 4.97. The minimum Gasteiger partial charge on any atom is -0.0769 e. The maximum atomic E-state index is 3.07. The smallest absolute Gasteiger partial charge is 0.0769 e. The van der Waals surface area contributed by atoms with Crippen molar-refractivity contribution in [3.05, 3.63) is 53.3 Å². The summed E-state index contributed by atoms with van der Waals surface area (Å²) in [6, 6.07) is 0. The van der Waals surface area contributed by atoms with Gasteiger partial charge in [-0.2, -0.15) is 0 Å². The summed E-state index contributed by atoms with van der Waals surface area (Å²) in [6.07, 6.45) is 14.4. The van der Waals surface area contributed by atoms with E-state index in [-0.39, 0.29) is 0 Å². The Morgan fingerprint density at radius 2 is 2.40 bits per heavy atom. The summed E-state index contributed by atoms with van der Waals surface area (Å²) in [5.41, 5.74) is 5.47. The molecule has 0 saturated carbocycles. The molecule has 0 bridgehead atoms. The molecule has 0 aromatic carbocycles. The first kappa shape index (κ1) is 5.44. The lowest BCUT2D eigenvalue weighted by Crippen LogP contribution is -1.76. The van der Waals surface area contributed by atoms with Gasteiger partial charge in [0.1, 0.15) is 23.3 Å². The molecule has 0 heteroatoms. The average molecular weight is 127 g/mol. The van der Waals surface area contributed by atoms with E-state index in [1.54, 1.807) is 0 Å².